The molecule has 24 heavy (non-hydrogen) atoms. The number of thiazole rings is 1. The topological polar surface area (TPSA) is 39.9 Å². The molecular weight excluding hydrogens is 345 g/mol. The van der Waals surface area contributed by atoms with Crippen LogP contribution < -0.4 is 4.90 Å². The zero-order valence-electron chi connectivity index (χ0n) is 12.8. The van der Waals surface area contributed by atoms with E-state index in [4.69, 9.17) is 16.9 Å². The monoisotopic (exact) mass is 357 g/mol. The maximum Gasteiger partial charge on any atom is 0.191 e. The molecule has 0 aliphatic rings. The third-order valence-corrected chi connectivity index (χ3v) is 5.00. The Balaban J connectivity index is 1.99. The van der Waals surface area contributed by atoms with Crippen molar-refractivity contribution < 1.29 is 4.39 Å². The van der Waals surface area contributed by atoms with Gasteiger partial charge in [0.25, 0.3) is 0 Å². The van der Waals surface area contributed by atoms with Crippen molar-refractivity contribution in [1.29, 1.82) is 5.26 Å². The van der Waals surface area contributed by atoms with Gasteiger partial charge in [-0.2, -0.15) is 5.26 Å². The molecule has 0 spiro atoms. The lowest BCUT2D eigenvalue weighted by Gasteiger charge is -2.22. The van der Waals surface area contributed by atoms with Gasteiger partial charge in [-0.1, -0.05) is 35.1 Å². The number of rotatable bonds is 4. The summed E-state index contributed by atoms with van der Waals surface area (Å²) in [6, 6.07) is 15.7. The van der Waals surface area contributed by atoms with E-state index >= 15 is 0 Å². The van der Waals surface area contributed by atoms with Crippen LogP contribution in [0.2, 0.25) is 4.34 Å². The summed E-state index contributed by atoms with van der Waals surface area (Å²) in [5.74, 6) is -0.267. The van der Waals surface area contributed by atoms with Crippen molar-refractivity contribution in [3.05, 3.63) is 75.5 Å². The first-order valence-corrected chi connectivity index (χ1v) is 8.41. The number of halogens is 2. The Hall–Kier alpha value is -2.42. The average molecular weight is 358 g/mol. The zero-order valence-corrected chi connectivity index (χ0v) is 14.4. The quantitative estimate of drug-likeness (QED) is 0.623. The van der Waals surface area contributed by atoms with Crippen LogP contribution in [0.15, 0.2) is 48.5 Å². The fourth-order valence-electron chi connectivity index (χ4n) is 2.24. The second kappa shape index (κ2) is 7.00. The number of aromatic nitrogens is 1. The van der Waals surface area contributed by atoms with E-state index in [2.05, 4.69) is 11.1 Å². The van der Waals surface area contributed by atoms with Crippen molar-refractivity contribution in [2.24, 2.45) is 0 Å². The summed E-state index contributed by atoms with van der Waals surface area (Å²) in [4.78, 5) is 6.51. The van der Waals surface area contributed by atoms with Crippen molar-refractivity contribution in [2.45, 2.75) is 13.5 Å². The molecule has 1 heterocycles. The molecule has 0 aliphatic heterocycles. The highest BCUT2D eigenvalue weighted by Crippen LogP contribution is 2.35. The van der Waals surface area contributed by atoms with Crippen LogP contribution in [0.5, 0.6) is 0 Å². The molecule has 3 rings (SSSR count). The van der Waals surface area contributed by atoms with Crippen LogP contribution in [0.1, 0.15) is 16.8 Å². The van der Waals surface area contributed by atoms with Gasteiger partial charge in [0.15, 0.2) is 5.13 Å². The largest absolute Gasteiger partial charge is 0.313 e. The van der Waals surface area contributed by atoms with Crippen LogP contribution in [0.3, 0.4) is 0 Å². The molecule has 2 aromatic carbocycles. The molecule has 0 amide bonds. The molecule has 0 aliphatic carbocycles. The lowest BCUT2D eigenvalue weighted by atomic mass is 10.1. The van der Waals surface area contributed by atoms with E-state index in [1.54, 1.807) is 24.3 Å². The van der Waals surface area contributed by atoms with Crippen LogP contribution in [-0.2, 0) is 6.54 Å². The van der Waals surface area contributed by atoms with E-state index in [0.29, 0.717) is 16.4 Å². The molecule has 3 nitrogen and oxygen atoms in total. The second-order valence-corrected chi connectivity index (χ2v) is 6.81. The van der Waals surface area contributed by atoms with Crippen molar-refractivity contribution in [2.75, 3.05) is 4.90 Å². The molecule has 0 atom stereocenters. The minimum atomic E-state index is -0.267. The molecule has 0 radical (unpaired) electrons. The van der Waals surface area contributed by atoms with E-state index in [0.717, 1.165) is 22.1 Å². The highest BCUT2D eigenvalue weighted by molar-refractivity contribution is 7.19. The van der Waals surface area contributed by atoms with E-state index in [9.17, 15) is 4.39 Å². The van der Waals surface area contributed by atoms with Gasteiger partial charge in [0.05, 0.1) is 23.9 Å². The van der Waals surface area contributed by atoms with Crippen LogP contribution in [0, 0.1) is 24.1 Å². The van der Waals surface area contributed by atoms with Crippen molar-refractivity contribution in [3.8, 4) is 6.07 Å². The van der Waals surface area contributed by atoms with Gasteiger partial charge in [-0.25, -0.2) is 9.37 Å². The van der Waals surface area contributed by atoms with Crippen molar-refractivity contribution >= 4 is 33.8 Å². The first-order chi connectivity index (χ1) is 11.6. The lowest BCUT2D eigenvalue weighted by molar-refractivity contribution is 0.627. The standard InChI is InChI=1S/C18H13ClFN3S/c1-12-17(19)24-18(22-12)23(11-14-2-6-15(20)7-3-14)16-8-4-13(10-21)5-9-16/h2-9H,11H2,1H3. The normalized spacial score (nSPS) is 10.4. The van der Waals surface area contributed by atoms with Crippen LogP contribution in [-0.4, -0.2) is 4.98 Å². The van der Waals surface area contributed by atoms with Gasteiger partial charge in [-0.3, -0.25) is 0 Å². The molecule has 0 saturated heterocycles. The van der Waals surface area contributed by atoms with Gasteiger partial charge in [0, 0.05) is 5.69 Å². The number of hydrogen-bond donors (Lipinski definition) is 0. The Morgan fingerprint density at radius 2 is 1.83 bits per heavy atom. The Morgan fingerprint density at radius 3 is 2.38 bits per heavy atom. The Kier molecular flexibility index (Phi) is 4.79. The second-order valence-electron chi connectivity index (χ2n) is 5.23. The molecule has 120 valence electrons. The van der Waals surface area contributed by atoms with Crippen molar-refractivity contribution in [1.82, 2.24) is 4.98 Å². The maximum absolute atomic E-state index is 13.1. The van der Waals surface area contributed by atoms with Crippen LogP contribution in [0.4, 0.5) is 15.2 Å². The van der Waals surface area contributed by atoms with E-state index in [-0.39, 0.29) is 5.82 Å². The Bertz CT molecular complexity index is 863. The number of nitrogens with zero attached hydrogens (tertiary/aromatic N) is 3. The van der Waals surface area contributed by atoms with E-state index < -0.39 is 0 Å². The van der Waals surface area contributed by atoms with Gasteiger partial charge in [-0.05, 0) is 48.9 Å². The molecule has 0 unspecified atom stereocenters. The number of aryl methyl sites for hydroxylation is 1. The zero-order chi connectivity index (χ0) is 17.1. The first kappa shape index (κ1) is 16.4. The molecule has 0 N–H and O–H groups in total. The molecule has 0 bridgehead atoms. The smallest absolute Gasteiger partial charge is 0.191 e. The van der Waals surface area contributed by atoms with Gasteiger partial charge in [-0.15, -0.1) is 0 Å². The third kappa shape index (κ3) is 3.56. The molecular formula is C18H13ClFN3S. The molecule has 6 heteroatoms. The maximum atomic E-state index is 13.1. The summed E-state index contributed by atoms with van der Waals surface area (Å²) in [5.41, 5.74) is 3.21. The third-order valence-electron chi connectivity index (χ3n) is 3.52. The summed E-state index contributed by atoms with van der Waals surface area (Å²) in [7, 11) is 0. The van der Waals surface area contributed by atoms with E-state index in [1.165, 1.54) is 23.5 Å². The van der Waals surface area contributed by atoms with Crippen LogP contribution >= 0.6 is 22.9 Å². The molecule has 0 fully saturated rings. The van der Waals surface area contributed by atoms with Crippen molar-refractivity contribution in [3.63, 3.8) is 0 Å². The first-order valence-electron chi connectivity index (χ1n) is 7.22. The molecule has 1 aromatic heterocycles. The summed E-state index contributed by atoms with van der Waals surface area (Å²) in [5, 5.41) is 9.71. The highest BCUT2D eigenvalue weighted by atomic mass is 35.5. The average Bonchev–Trinajstić information content (AvgIpc) is 2.93. The summed E-state index contributed by atoms with van der Waals surface area (Å²) in [6.45, 7) is 2.38. The molecule has 3 aromatic rings. The highest BCUT2D eigenvalue weighted by Gasteiger charge is 2.16. The summed E-state index contributed by atoms with van der Waals surface area (Å²) >= 11 is 7.56. The number of hydrogen-bond acceptors (Lipinski definition) is 4. The van der Waals surface area contributed by atoms with Gasteiger partial charge in [0.1, 0.15) is 10.2 Å². The Labute approximate surface area is 148 Å². The number of anilines is 2. The van der Waals surface area contributed by atoms with Gasteiger partial charge < -0.3 is 4.90 Å². The summed E-state index contributed by atoms with van der Waals surface area (Å²) < 4.78 is 13.8. The predicted octanol–water partition coefficient (Wildman–Crippen LogP) is 5.45. The Morgan fingerprint density at radius 1 is 1.17 bits per heavy atom. The predicted molar refractivity (Wildman–Crippen MR) is 95.3 cm³/mol. The fraction of sp³-hybridized carbons (Fsp3) is 0.111. The number of nitriles is 1. The minimum absolute atomic E-state index is 0.267. The van der Waals surface area contributed by atoms with Gasteiger partial charge >= 0.3 is 0 Å². The minimum Gasteiger partial charge on any atom is -0.313 e. The van der Waals surface area contributed by atoms with Crippen LogP contribution in [0.25, 0.3) is 0 Å². The van der Waals surface area contributed by atoms with E-state index in [1.807, 2.05) is 24.0 Å². The fourth-order valence-corrected chi connectivity index (χ4v) is 3.30. The van der Waals surface area contributed by atoms with Gasteiger partial charge in [0.2, 0.25) is 0 Å². The molecule has 0 saturated carbocycles. The SMILES string of the molecule is Cc1nc(N(Cc2ccc(F)cc2)c2ccc(C#N)cc2)sc1Cl. The lowest BCUT2D eigenvalue weighted by Crippen LogP contribution is -2.16. The number of benzene rings is 2. The summed E-state index contributed by atoms with van der Waals surface area (Å²) in [6.07, 6.45) is 0.